The maximum atomic E-state index is 9.86. The maximum Gasteiger partial charge on any atom is 0.333 e. The molecule has 3 N–H and O–H groups in total. The molecule has 0 aliphatic carbocycles. The third-order valence-corrected chi connectivity index (χ3v) is 1.26. The van der Waals surface area contributed by atoms with Crippen LogP contribution in [0.5, 0.6) is 0 Å². The average molecular weight is 202 g/mol. The van der Waals surface area contributed by atoms with Crippen molar-refractivity contribution in [2.75, 3.05) is 6.61 Å². The SMILES string of the molecule is C=C(CO)C(=O)O.CC=C(C)C(=O)O. The van der Waals surface area contributed by atoms with E-state index in [0.29, 0.717) is 5.57 Å². The molecular weight excluding hydrogens is 188 g/mol. The highest BCUT2D eigenvalue weighted by atomic mass is 16.4. The number of carbonyl (C=O) groups is 2. The van der Waals surface area contributed by atoms with E-state index in [1.54, 1.807) is 19.9 Å². The second-order valence-corrected chi connectivity index (χ2v) is 2.34. The predicted octanol–water partition coefficient (Wildman–Crippen LogP) is 0.657. The third kappa shape index (κ3) is 8.48. The summed E-state index contributed by atoms with van der Waals surface area (Å²) in [7, 11) is 0. The number of aliphatic hydroxyl groups is 1. The van der Waals surface area contributed by atoms with Crippen molar-refractivity contribution in [2.45, 2.75) is 13.8 Å². The number of carboxylic acid groups (broad SMARTS) is 2. The molecule has 0 heterocycles. The smallest absolute Gasteiger partial charge is 0.333 e. The van der Waals surface area contributed by atoms with Crippen LogP contribution in [0.1, 0.15) is 13.8 Å². The van der Waals surface area contributed by atoms with E-state index in [2.05, 4.69) is 6.58 Å². The molecule has 0 aliphatic heterocycles. The third-order valence-electron chi connectivity index (χ3n) is 1.26. The monoisotopic (exact) mass is 202 g/mol. The van der Waals surface area contributed by atoms with Crippen LogP contribution in [0.2, 0.25) is 0 Å². The van der Waals surface area contributed by atoms with Crippen LogP contribution >= 0.6 is 0 Å². The Kier molecular flexibility index (Phi) is 8.50. The molecule has 0 aromatic carbocycles. The fourth-order valence-electron chi connectivity index (χ4n) is 0.191. The second kappa shape index (κ2) is 8.00. The molecule has 0 saturated heterocycles. The van der Waals surface area contributed by atoms with Gasteiger partial charge in [-0.1, -0.05) is 12.7 Å². The van der Waals surface area contributed by atoms with Crippen molar-refractivity contribution in [1.82, 2.24) is 0 Å². The number of carboxylic acids is 2. The van der Waals surface area contributed by atoms with Crippen molar-refractivity contribution in [3.8, 4) is 0 Å². The van der Waals surface area contributed by atoms with Crippen molar-refractivity contribution in [3.63, 3.8) is 0 Å². The molecule has 0 aromatic heterocycles. The van der Waals surface area contributed by atoms with Crippen molar-refractivity contribution in [1.29, 1.82) is 0 Å². The van der Waals surface area contributed by atoms with Gasteiger partial charge in [-0.25, -0.2) is 9.59 Å². The number of hydrogen-bond donors (Lipinski definition) is 3. The van der Waals surface area contributed by atoms with Crippen molar-refractivity contribution in [3.05, 3.63) is 23.8 Å². The van der Waals surface area contributed by atoms with Crippen LogP contribution in [0.15, 0.2) is 23.8 Å². The molecule has 0 saturated carbocycles. The number of rotatable bonds is 3. The second-order valence-electron chi connectivity index (χ2n) is 2.34. The summed E-state index contributed by atoms with van der Waals surface area (Å²) in [5, 5.41) is 24.1. The topological polar surface area (TPSA) is 94.8 Å². The van der Waals surface area contributed by atoms with Gasteiger partial charge in [0.25, 0.3) is 0 Å². The Morgan fingerprint density at radius 1 is 1.29 bits per heavy atom. The molecule has 80 valence electrons. The first-order chi connectivity index (χ1) is 6.36. The lowest BCUT2D eigenvalue weighted by Crippen LogP contribution is -2.01. The van der Waals surface area contributed by atoms with Crippen LogP contribution in [-0.4, -0.2) is 33.9 Å². The van der Waals surface area contributed by atoms with E-state index >= 15 is 0 Å². The standard InChI is InChI=1S/C5H8O2.C4H6O3/c1-3-4(2)5(6)7;1-3(2-5)4(6)7/h3H,1-2H3,(H,6,7);5H,1-2H2,(H,6,7). The molecule has 0 aromatic rings. The first-order valence-corrected chi connectivity index (χ1v) is 3.74. The number of aliphatic carboxylic acids is 2. The number of allylic oxidation sites excluding steroid dienone is 1. The Hall–Kier alpha value is -1.62. The number of hydrogen-bond acceptors (Lipinski definition) is 3. The van der Waals surface area contributed by atoms with Crippen LogP contribution in [-0.2, 0) is 9.59 Å². The van der Waals surface area contributed by atoms with Gasteiger partial charge in [0, 0.05) is 5.57 Å². The van der Waals surface area contributed by atoms with Crippen molar-refractivity contribution < 1.29 is 24.9 Å². The molecule has 0 fully saturated rings. The summed E-state index contributed by atoms with van der Waals surface area (Å²) in [4.78, 5) is 19.5. The minimum atomic E-state index is -1.15. The predicted molar refractivity (Wildman–Crippen MR) is 50.9 cm³/mol. The van der Waals surface area contributed by atoms with Crippen LogP contribution in [0, 0.1) is 0 Å². The van der Waals surface area contributed by atoms with Gasteiger partial charge in [-0.15, -0.1) is 0 Å². The number of aliphatic hydroxyl groups excluding tert-OH is 1. The van der Waals surface area contributed by atoms with E-state index in [0.717, 1.165) is 0 Å². The quantitative estimate of drug-likeness (QED) is 0.584. The largest absolute Gasteiger partial charge is 0.478 e. The molecule has 0 unspecified atom stereocenters. The average Bonchev–Trinajstić information content (AvgIpc) is 2.15. The van der Waals surface area contributed by atoms with Gasteiger partial charge in [-0.3, -0.25) is 0 Å². The Labute approximate surface area is 82.0 Å². The van der Waals surface area contributed by atoms with Crippen LogP contribution in [0.25, 0.3) is 0 Å². The van der Waals surface area contributed by atoms with Gasteiger partial charge in [-0.05, 0) is 13.8 Å². The zero-order chi connectivity index (χ0) is 11.7. The Morgan fingerprint density at radius 3 is 1.71 bits per heavy atom. The Bertz CT molecular complexity index is 252. The molecule has 0 spiro atoms. The molecule has 5 nitrogen and oxygen atoms in total. The van der Waals surface area contributed by atoms with Gasteiger partial charge in [-0.2, -0.15) is 0 Å². The molecule has 0 radical (unpaired) electrons. The molecule has 0 amide bonds. The summed E-state index contributed by atoms with van der Waals surface area (Å²) in [5.74, 6) is -2.00. The van der Waals surface area contributed by atoms with Crippen molar-refractivity contribution >= 4 is 11.9 Å². The van der Waals surface area contributed by atoms with E-state index in [-0.39, 0.29) is 5.57 Å². The van der Waals surface area contributed by atoms with E-state index in [1.165, 1.54) is 0 Å². The summed E-state index contributed by atoms with van der Waals surface area (Å²) in [6.45, 7) is 5.80. The fourth-order valence-corrected chi connectivity index (χ4v) is 0.191. The molecule has 14 heavy (non-hydrogen) atoms. The lowest BCUT2D eigenvalue weighted by molar-refractivity contribution is -0.133. The summed E-state index contributed by atoms with van der Waals surface area (Å²) >= 11 is 0. The van der Waals surface area contributed by atoms with Gasteiger partial charge >= 0.3 is 11.9 Å². The van der Waals surface area contributed by atoms with Gasteiger partial charge in [0.2, 0.25) is 0 Å². The van der Waals surface area contributed by atoms with Crippen LogP contribution < -0.4 is 0 Å². The van der Waals surface area contributed by atoms with Crippen LogP contribution in [0.3, 0.4) is 0 Å². The van der Waals surface area contributed by atoms with E-state index in [9.17, 15) is 9.59 Å². The molecular formula is C9H14O5. The Balaban J connectivity index is 0. The zero-order valence-corrected chi connectivity index (χ0v) is 8.15. The molecule has 0 rings (SSSR count). The summed E-state index contributed by atoms with van der Waals surface area (Å²) < 4.78 is 0. The first-order valence-electron chi connectivity index (χ1n) is 3.74. The summed E-state index contributed by atoms with van der Waals surface area (Å²) in [6, 6.07) is 0. The van der Waals surface area contributed by atoms with Gasteiger partial charge in [0.15, 0.2) is 0 Å². The lowest BCUT2D eigenvalue weighted by Gasteiger charge is -1.87. The normalized spacial score (nSPS) is 9.79. The minimum Gasteiger partial charge on any atom is -0.478 e. The highest BCUT2D eigenvalue weighted by Gasteiger charge is 1.97. The highest BCUT2D eigenvalue weighted by molar-refractivity contribution is 5.86. The van der Waals surface area contributed by atoms with Gasteiger partial charge in [0.1, 0.15) is 0 Å². The summed E-state index contributed by atoms with van der Waals surface area (Å²) in [6.07, 6.45) is 1.56. The van der Waals surface area contributed by atoms with Gasteiger partial charge in [0.05, 0.1) is 12.2 Å². The molecule has 0 bridgehead atoms. The summed E-state index contributed by atoms with van der Waals surface area (Å²) in [5.41, 5.74) is 0.208. The lowest BCUT2D eigenvalue weighted by atomic mass is 10.3. The zero-order valence-electron chi connectivity index (χ0n) is 8.15. The van der Waals surface area contributed by atoms with Crippen LogP contribution in [0.4, 0.5) is 0 Å². The first kappa shape index (κ1) is 14.9. The Morgan fingerprint density at radius 2 is 1.71 bits per heavy atom. The minimum absolute atomic E-state index is 0.181. The highest BCUT2D eigenvalue weighted by Crippen LogP contribution is 1.87. The van der Waals surface area contributed by atoms with Crippen molar-refractivity contribution in [2.24, 2.45) is 0 Å². The maximum absolute atomic E-state index is 9.86. The molecule has 5 heteroatoms. The van der Waals surface area contributed by atoms with Gasteiger partial charge < -0.3 is 15.3 Å². The fraction of sp³-hybridized carbons (Fsp3) is 0.333. The van der Waals surface area contributed by atoms with E-state index < -0.39 is 18.5 Å². The molecule has 0 aliphatic rings. The van der Waals surface area contributed by atoms with E-state index in [1.807, 2.05) is 0 Å². The van der Waals surface area contributed by atoms with E-state index in [4.69, 9.17) is 15.3 Å². The molecule has 0 atom stereocenters.